The Morgan fingerprint density at radius 3 is 2.58 bits per heavy atom. The Bertz CT molecular complexity index is 1140. The Kier molecular flexibility index (Phi) is 6.81. The molecular weight excluding hydrogens is 394 g/mol. The van der Waals surface area contributed by atoms with Gasteiger partial charge in [-0.3, -0.25) is 14.6 Å². The Labute approximate surface area is 180 Å². The van der Waals surface area contributed by atoms with Crippen LogP contribution in [0.4, 0.5) is 16.2 Å². The fraction of sp³-hybridized carbons (Fsp3) is 0.217. The van der Waals surface area contributed by atoms with Gasteiger partial charge < -0.3 is 20.5 Å². The minimum absolute atomic E-state index is 0.0869. The first kappa shape index (κ1) is 21.8. The normalized spacial score (nSPS) is 11.5. The van der Waals surface area contributed by atoms with E-state index in [-0.39, 0.29) is 24.2 Å². The number of urea groups is 1. The van der Waals surface area contributed by atoms with Gasteiger partial charge in [-0.1, -0.05) is 18.2 Å². The molecule has 0 fully saturated rings. The van der Waals surface area contributed by atoms with Gasteiger partial charge in [-0.15, -0.1) is 0 Å². The summed E-state index contributed by atoms with van der Waals surface area (Å²) in [6.07, 6.45) is 3.34. The highest BCUT2D eigenvalue weighted by Crippen LogP contribution is 2.12. The molecule has 0 aliphatic rings. The molecule has 3 aromatic rings. The van der Waals surface area contributed by atoms with Crippen molar-refractivity contribution in [1.29, 1.82) is 0 Å². The van der Waals surface area contributed by atoms with E-state index >= 15 is 0 Å². The molecule has 0 saturated heterocycles. The van der Waals surface area contributed by atoms with E-state index in [4.69, 9.17) is 0 Å². The number of hydrogen-bond acceptors (Lipinski definition) is 4. The van der Waals surface area contributed by atoms with E-state index in [1.165, 1.54) is 10.6 Å². The standard InChI is InChI=1S/C23H25N5O3/c1-15-6-4-8-19(12-15)26-23(31)27-20-10-9-16(2)28(22(20)30)14-21(29)25-17(3)18-7-5-11-24-13-18/h4-13,17H,14H2,1-3H3,(H,25,29)(H2,26,27,31)/t17-/m1/s1. The molecule has 1 aromatic carbocycles. The lowest BCUT2D eigenvalue weighted by atomic mass is 10.1. The Hall–Kier alpha value is -3.94. The highest BCUT2D eigenvalue weighted by Gasteiger charge is 2.15. The highest BCUT2D eigenvalue weighted by atomic mass is 16.2. The predicted molar refractivity (Wildman–Crippen MR) is 120 cm³/mol. The maximum atomic E-state index is 12.9. The summed E-state index contributed by atoms with van der Waals surface area (Å²) in [5.41, 5.74) is 2.73. The van der Waals surface area contributed by atoms with Crippen LogP contribution in [0.3, 0.4) is 0 Å². The number of carbonyl (C=O) groups excluding carboxylic acids is 2. The molecule has 3 N–H and O–H groups in total. The molecule has 160 valence electrons. The first-order valence-corrected chi connectivity index (χ1v) is 9.88. The van der Waals surface area contributed by atoms with Gasteiger partial charge in [0.2, 0.25) is 5.91 Å². The maximum absolute atomic E-state index is 12.9. The molecule has 0 bridgehead atoms. The number of anilines is 2. The molecule has 3 rings (SSSR count). The number of rotatable bonds is 6. The molecule has 31 heavy (non-hydrogen) atoms. The van der Waals surface area contributed by atoms with Gasteiger partial charge in [0, 0.05) is 23.8 Å². The van der Waals surface area contributed by atoms with E-state index in [0.717, 1.165) is 11.1 Å². The minimum atomic E-state index is -0.534. The molecular formula is C23H25N5O3. The topological polar surface area (TPSA) is 105 Å². The third-order valence-electron chi connectivity index (χ3n) is 4.78. The zero-order chi connectivity index (χ0) is 22.4. The van der Waals surface area contributed by atoms with Crippen LogP contribution in [-0.4, -0.2) is 21.5 Å². The van der Waals surface area contributed by atoms with Crippen molar-refractivity contribution < 1.29 is 9.59 Å². The highest BCUT2D eigenvalue weighted by molar-refractivity contribution is 5.99. The van der Waals surface area contributed by atoms with E-state index in [1.54, 1.807) is 37.5 Å². The smallest absolute Gasteiger partial charge is 0.323 e. The number of benzene rings is 1. The number of nitrogens with one attached hydrogen (secondary N) is 3. The third kappa shape index (κ3) is 5.79. The largest absolute Gasteiger partial charge is 0.348 e. The SMILES string of the molecule is Cc1cccc(NC(=O)Nc2ccc(C)n(CC(=O)N[C@H](C)c3cccnc3)c2=O)c1. The molecule has 8 heteroatoms. The summed E-state index contributed by atoms with van der Waals surface area (Å²) in [5, 5.41) is 8.12. The maximum Gasteiger partial charge on any atom is 0.323 e. The summed E-state index contributed by atoms with van der Waals surface area (Å²) in [4.78, 5) is 41.7. The first-order valence-electron chi connectivity index (χ1n) is 9.88. The van der Waals surface area contributed by atoms with Crippen molar-refractivity contribution in [1.82, 2.24) is 14.9 Å². The van der Waals surface area contributed by atoms with Gasteiger partial charge in [0.15, 0.2) is 0 Å². The van der Waals surface area contributed by atoms with Gasteiger partial charge in [-0.2, -0.15) is 0 Å². The van der Waals surface area contributed by atoms with Gasteiger partial charge in [-0.25, -0.2) is 4.79 Å². The Morgan fingerprint density at radius 1 is 1.06 bits per heavy atom. The third-order valence-corrected chi connectivity index (χ3v) is 4.78. The van der Waals surface area contributed by atoms with Crippen molar-refractivity contribution in [3.63, 3.8) is 0 Å². The summed E-state index contributed by atoms with van der Waals surface area (Å²) in [6, 6.07) is 13.4. The summed E-state index contributed by atoms with van der Waals surface area (Å²) in [6.45, 7) is 5.33. The lowest BCUT2D eigenvalue weighted by molar-refractivity contribution is -0.122. The fourth-order valence-electron chi connectivity index (χ4n) is 3.12. The second-order valence-corrected chi connectivity index (χ2v) is 7.30. The number of pyridine rings is 2. The summed E-state index contributed by atoms with van der Waals surface area (Å²) >= 11 is 0. The van der Waals surface area contributed by atoms with Crippen molar-refractivity contribution in [2.45, 2.75) is 33.4 Å². The molecule has 0 radical (unpaired) electrons. The molecule has 0 aliphatic heterocycles. The lowest BCUT2D eigenvalue weighted by Crippen LogP contribution is -2.36. The molecule has 0 aliphatic carbocycles. The van der Waals surface area contributed by atoms with E-state index < -0.39 is 11.6 Å². The van der Waals surface area contributed by atoms with E-state index in [2.05, 4.69) is 20.9 Å². The number of aryl methyl sites for hydroxylation is 2. The van der Waals surface area contributed by atoms with Crippen LogP contribution in [-0.2, 0) is 11.3 Å². The Balaban J connectivity index is 1.69. The fourth-order valence-corrected chi connectivity index (χ4v) is 3.12. The van der Waals surface area contributed by atoms with Crippen LogP contribution in [0.2, 0.25) is 0 Å². The molecule has 0 unspecified atom stereocenters. The summed E-state index contributed by atoms with van der Waals surface area (Å²) < 4.78 is 1.33. The van der Waals surface area contributed by atoms with Crippen LogP contribution >= 0.6 is 0 Å². The van der Waals surface area contributed by atoms with Crippen LogP contribution in [0.1, 0.15) is 29.8 Å². The van der Waals surface area contributed by atoms with Crippen molar-refractivity contribution >= 4 is 23.3 Å². The molecule has 1 atom stereocenters. The summed E-state index contributed by atoms with van der Waals surface area (Å²) in [5.74, 6) is -0.317. The van der Waals surface area contributed by atoms with Crippen molar-refractivity contribution in [2.24, 2.45) is 0 Å². The molecule has 0 spiro atoms. The zero-order valence-corrected chi connectivity index (χ0v) is 17.7. The van der Waals surface area contributed by atoms with Crippen LogP contribution < -0.4 is 21.5 Å². The average Bonchev–Trinajstić information content (AvgIpc) is 2.74. The quantitative estimate of drug-likeness (QED) is 0.570. The van der Waals surface area contributed by atoms with E-state index in [9.17, 15) is 14.4 Å². The van der Waals surface area contributed by atoms with Gasteiger partial charge in [0.05, 0.1) is 6.04 Å². The van der Waals surface area contributed by atoms with Crippen molar-refractivity contribution in [3.05, 3.63) is 88.1 Å². The molecule has 3 amide bonds. The second-order valence-electron chi connectivity index (χ2n) is 7.30. The Morgan fingerprint density at radius 2 is 1.87 bits per heavy atom. The number of aromatic nitrogens is 2. The van der Waals surface area contributed by atoms with Gasteiger partial charge >= 0.3 is 6.03 Å². The minimum Gasteiger partial charge on any atom is -0.348 e. The second kappa shape index (κ2) is 9.71. The van der Waals surface area contributed by atoms with Gasteiger partial charge in [0.25, 0.3) is 5.56 Å². The van der Waals surface area contributed by atoms with Gasteiger partial charge in [-0.05, 0) is 62.2 Å². The number of amides is 3. The van der Waals surface area contributed by atoms with E-state index in [1.807, 2.05) is 38.1 Å². The number of hydrogen-bond donors (Lipinski definition) is 3. The van der Waals surface area contributed by atoms with Crippen LogP contribution in [0, 0.1) is 13.8 Å². The van der Waals surface area contributed by atoms with Crippen molar-refractivity contribution in [3.8, 4) is 0 Å². The molecule has 2 heterocycles. The van der Waals surface area contributed by atoms with Crippen LogP contribution in [0.5, 0.6) is 0 Å². The van der Waals surface area contributed by atoms with Crippen molar-refractivity contribution in [2.75, 3.05) is 10.6 Å². The van der Waals surface area contributed by atoms with Crippen LogP contribution in [0.25, 0.3) is 0 Å². The predicted octanol–water partition coefficient (Wildman–Crippen LogP) is 3.38. The first-order chi connectivity index (χ1) is 14.8. The number of nitrogens with zero attached hydrogens (tertiary/aromatic N) is 2. The summed E-state index contributed by atoms with van der Waals surface area (Å²) in [7, 11) is 0. The lowest BCUT2D eigenvalue weighted by Gasteiger charge is -2.16. The monoisotopic (exact) mass is 419 g/mol. The zero-order valence-electron chi connectivity index (χ0n) is 17.7. The van der Waals surface area contributed by atoms with E-state index in [0.29, 0.717) is 11.4 Å². The van der Waals surface area contributed by atoms with Crippen LogP contribution in [0.15, 0.2) is 65.7 Å². The molecule has 8 nitrogen and oxygen atoms in total. The molecule has 2 aromatic heterocycles. The van der Waals surface area contributed by atoms with Gasteiger partial charge in [0.1, 0.15) is 12.2 Å². The molecule has 0 saturated carbocycles. The number of carbonyl (C=O) groups is 2. The average molecular weight is 419 g/mol.